The number of nitrogens with one attached hydrogen (secondary N) is 1. The highest BCUT2D eigenvalue weighted by Crippen LogP contribution is 2.39. The van der Waals surface area contributed by atoms with Gasteiger partial charge in [-0.2, -0.15) is 0 Å². The number of hydrogen-bond acceptors (Lipinski definition) is 5. The molecule has 2 aliphatic heterocycles. The summed E-state index contributed by atoms with van der Waals surface area (Å²) in [5.41, 5.74) is 3.43. The van der Waals surface area contributed by atoms with E-state index < -0.39 is 0 Å². The summed E-state index contributed by atoms with van der Waals surface area (Å²) in [5.74, 6) is 1.93. The van der Waals surface area contributed by atoms with Gasteiger partial charge in [0.25, 0.3) is 11.5 Å². The Morgan fingerprint density at radius 2 is 1.89 bits per heavy atom. The van der Waals surface area contributed by atoms with E-state index in [-0.39, 0.29) is 23.3 Å². The average Bonchev–Trinajstić information content (AvgIpc) is 3.31. The minimum atomic E-state index is 0.0129. The lowest BCUT2D eigenvalue weighted by Crippen LogP contribution is -2.49. The molecule has 0 saturated carbocycles. The number of nitrogens with zero attached hydrogens (tertiary/aromatic N) is 2. The van der Waals surface area contributed by atoms with Gasteiger partial charge in [0.1, 0.15) is 17.1 Å². The molecule has 2 bridgehead atoms. The van der Waals surface area contributed by atoms with Gasteiger partial charge in [0, 0.05) is 48.3 Å². The van der Waals surface area contributed by atoms with Crippen LogP contribution in [-0.4, -0.2) is 35.6 Å². The van der Waals surface area contributed by atoms with Gasteiger partial charge < -0.3 is 23.9 Å². The molecule has 7 heteroatoms. The fourth-order valence-corrected chi connectivity index (χ4v) is 5.55. The van der Waals surface area contributed by atoms with Crippen molar-refractivity contribution in [3.63, 3.8) is 0 Å². The van der Waals surface area contributed by atoms with Crippen LogP contribution in [0, 0.1) is 5.92 Å². The molecule has 0 radical (unpaired) electrons. The molecule has 1 fully saturated rings. The van der Waals surface area contributed by atoms with Gasteiger partial charge in [0.05, 0.1) is 19.3 Å². The number of rotatable bonds is 5. The van der Waals surface area contributed by atoms with E-state index in [4.69, 9.17) is 9.15 Å². The lowest BCUT2D eigenvalue weighted by Gasteiger charge is -2.43. The van der Waals surface area contributed by atoms with E-state index in [1.807, 2.05) is 70.1 Å². The number of ether oxygens (including phenoxy) is 1. The molecule has 0 aliphatic carbocycles. The highest BCUT2D eigenvalue weighted by Gasteiger charge is 2.38. The van der Waals surface area contributed by atoms with Crippen molar-refractivity contribution in [2.24, 2.45) is 5.92 Å². The van der Waals surface area contributed by atoms with Gasteiger partial charge in [-0.25, -0.2) is 0 Å². The van der Waals surface area contributed by atoms with Crippen LogP contribution >= 0.6 is 0 Å². The van der Waals surface area contributed by atoms with Crippen LogP contribution < -0.4 is 15.6 Å². The van der Waals surface area contributed by atoms with Crippen molar-refractivity contribution in [2.75, 3.05) is 25.5 Å². The third-order valence-corrected chi connectivity index (χ3v) is 7.14. The van der Waals surface area contributed by atoms with E-state index in [0.717, 1.165) is 40.3 Å². The number of pyridine rings is 1. The summed E-state index contributed by atoms with van der Waals surface area (Å²) < 4.78 is 13.1. The van der Waals surface area contributed by atoms with Crippen molar-refractivity contribution in [1.29, 1.82) is 0 Å². The van der Waals surface area contributed by atoms with Crippen molar-refractivity contribution in [1.82, 2.24) is 9.47 Å². The molecule has 2 atom stereocenters. The minimum Gasteiger partial charge on any atom is -0.497 e. The second kappa shape index (κ2) is 8.65. The number of para-hydroxylation sites is 1. The molecule has 35 heavy (non-hydrogen) atoms. The molecule has 2 aromatic heterocycles. The van der Waals surface area contributed by atoms with Gasteiger partial charge in [0.2, 0.25) is 0 Å². The van der Waals surface area contributed by atoms with Crippen molar-refractivity contribution in [3.8, 4) is 5.75 Å². The summed E-state index contributed by atoms with van der Waals surface area (Å²) in [7, 11) is 1.61. The van der Waals surface area contributed by atoms with Crippen LogP contribution in [0.2, 0.25) is 0 Å². The molecule has 7 nitrogen and oxygen atoms in total. The van der Waals surface area contributed by atoms with E-state index >= 15 is 0 Å². The van der Waals surface area contributed by atoms with Crippen LogP contribution in [0.1, 0.15) is 34.2 Å². The predicted molar refractivity (Wildman–Crippen MR) is 134 cm³/mol. The number of fused-ring (bicyclic) bond motifs is 5. The normalized spacial score (nSPS) is 18.8. The number of carbonyl (C=O) groups is 1. The monoisotopic (exact) mass is 469 g/mol. The largest absolute Gasteiger partial charge is 0.497 e. The number of furan rings is 1. The number of likely N-dealkylation sites (tertiary alicyclic amines) is 1. The number of methoxy groups -OCH3 is 1. The Hall–Kier alpha value is -4.00. The number of amides is 1. The first kappa shape index (κ1) is 21.5. The molecule has 2 aromatic carbocycles. The maximum absolute atomic E-state index is 13.3. The fraction of sp³-hybridized carbons (Fsp3) is 0.286. The quantitative estimate of drug-likeness (QED) is 0.467. The molecule has 1 amide bonds. The van der Waals surface area contributed by atoms with Crippen molar-refractivity contribution in [2.45, 2.75) is 25.4 Å². The van der Waals surface area contributed by atoms with Crippen molar-refractivity contribution < 1.29 is 13.9 Å². The van der Waals surface area contributed by atoms with Crippen LogP contribution in [0.15, 0.2) is 75.9 Å². The number of aromatic nitrogens is 1. The molecular weight excluding hydrogens is 442 g/mol. The third-order valence-electron chi connectivity index (χ3n) is 7.14. The van der Waals surface area contributed by atoms with Gasteiger partial charge in [0.15, 0.2) is 0 Å². The minimum absolute atomic E-state index is 0.0129. The lowest BCUT2D eigenvalue weighted by atomic mass is 9.82. The third kappa shape index (κ3) is 3.97. The van der Waals surface area contributed by atoms with Crippen LogP contribution in [0.25, 0.3) is 11.0 Å². The Morgan fingerprint density at radius 1 is 1.06 bits per heavy atom. The summed E-state index contributed by atoms with van der Waals surface area (Å²) in [6, 6.07) is 20.7. The molecule has 4 aromatic rings. The first-order valence-electron chi connectivity index (χ1n) is 12.0. The van der Waals surface area contributed by atoms with E-state index in [2.05, 4.69) is 5.32 Å². The molecule has 0 spiro atoms. The molecular formula is C28H27N3O4. The molecule has 0 unspecified atom stereocenters. The summed E-state index contributed by atoms with van der Waals surface area (Å²) in [6.07, 6.45) is 0.967. The van der Waals surface area contributed by atoms with Crippen molar-refractivity contribution >= 4 is 22.6 Å². The second-order valence-corrected chi connectivity index (χ2v) is 9.42. The fourth-order valence-electron chi connectivity index (χ4n) is 5.55. The molecule has 6 rings (SSSR count). The summed E-state index contributed by atoms with van der Waals surface area (Å²) in [5, 5.41) is 4.57. The van der Waals surface area contributed by atoms with E-state index in [9.17, 15) is 9.59 Å². The Balaban J connectivity index is 1.26. The zero-order valence-electron chi connectivity index (χ0n) is 19.6. The van der Waals surface area contributed by atoms with Gasteiger partial charge in [-0.05, 0) is 54.8 Å². The highest BCUT2D eigenvalue weighted by atomic mass is 16.5. The topological polar surface area (TPSA) is 76.7 Å². The number of hydrogen-bond donors (Lipinski definition) is 1. The van der Waals surface area contributed by atoms with Crippen molar-refractivity contribution in [3.05, 3.63) is 94.1 Å². The molecule has 2 aliphatic rings. The van der Waals surface area contributed by atoms with Crippen LogP contribution in [-0.2, 0) is 13.1 Å². The second-order valence-electron chi connectivity index (χ2n) is 9.42. The predicted octanol–water partition coefficient (Wildman–Crippen LogP) is 4.47. The SMILES string of the molecule is COc1ccc(C(=O)N2C[C@H]3C[C@H](C2)c2c(NCc4cc5ccccc5o4)ccc(=O)n2C3)cc1. The van der Waals surface area contributed by atoms with E-state index in [0.29, 0.717) is 31.7 Å². The summed E-state index contributed by atoms with van der Waals surface area (Å²) in [4.78, 5) is 28.0. The number of carbonyl (C=O) groups excluding carboxylic acids is 1. The number of benzene rings is 2. The number of anilines is 1. The Bertz CT molecular complexity index is 1420. The molecule has 4 heterocycles. The zero-order valence-corrected chi connectivity index (χ0v) is 19.6. The summed E-state index contributed by atoms with van der Waals surface area (Å²) >= 11 is 0. The zero-order chi connectivity index (χ0) is 23.9. The standard InChI is InChI=1S/C28H27N3O4/c1-34-22-8-6-19(7-9-22)28(33)30-15-18-12-21(17-30)27-24(10-11-26(32)31(27)16-18)29-14-23-13-20-4-2-3-5-25(20)35-23/h2-11,13,18,21,29H,12,14-17H2,1H3/t18-,21-/m1/s1. The van der Waals surface area contributed by atoms with E-state index in [1.165, 1.54) is 0 Å². The molecule has 1 saturated heterocycles. The molecule has 1 N–H and O–H groups in total. The van der Waals surface area contributed by atoms with Gasteiger partial charge in [-0.1, -0.05) is 18.2 Å². The van der Waals surface area contributed by atoms with E-state index in [1.54, 1.807) is 13.2 Å². The van der Waals surface area contributed by atoms with Crippen LogP contribution in [0.3, 0.4) is 0 Å². The molecule has 178 valence electrons. The maximum Gasteiger partial charge on any atom is 0.253 e. The highest BCUT2D eigenvalue weighted by molar-refractivity contribution is 5.94. The average molecular weight is 470 g/mol. The first-order valence-corrected chi connectivity index (χ1v) is 12.0. The Morgan fingerprint density at radius 3 is 2.69 bits per heavy atom. The smallest absolute Gasteiger partial charge is 0.253 e. The van der Waals surface area contributed by atoms with Gasteiger partial charge in [-0.15, -0.1) is 0 Å². The summed E-state index contributed by atoms with van der Waals surface area (Å²) in [6.45, 7) is 2.38. The van der Waals surface area contributed by atoms with Gasteiger partial charge in [-0.3, -0.25) is 9.59 Å². The first-order chi connectivity index (χ1) is 17.1. The lowest BCUT2D eigenvalue weighted by molar-refractivity contribution is 0.0595. The maximum atomic E-state index is 13.3. The van der Waals surface area contributed by atoms with Crippen LogP contribution in [0.4, 0.5) is 5.69 Å². The van der Waals surface area contributed by atoms with Gasteiger partial charge >= 0.3 is 0 Å². The Labute approximate surface area is 202 Å². The Kier molecular flexibility index (Phi) is 5.32. The van der Waals surface area contributed by atoms with Crippen LogP contribution in [0.5, 0.6) is 5.75 Å². The number of piperidine rings is 1.